The minimum Gasteiger partial charge on any atom is -0.479 e. The zero-order valence-corrected chi connectivity index (χ0v) is 16.1. The third-order valence-electron chi connectivity index (χ3n) is 6.33. The molecule has 0 bridgehead atoms. The van der Waals surface area contributed by atoms with Crippen molar-refractivity contribution in [2.75, 3.05) is 20.2 Å². The van der Waals surface area contributed by atoms with Gasteiger partial charge in [-0.2, -0.15) is 0 Å². The molecule has 2 aliphatic heterocycles. The zero-order valence-electron chi connectivity index (χ0n) is 16.1. The van der Waals surface area contributed by atoms with Crippen LogP contribution in [0.25, 0.3) is 11.1 Å². The second kappa shape index (κ2) is 7.01. The van der Waals surface area contributed by atoms with Crippen LogP contribution in [-0.2, 0) is 11.3 Å². The summed E-state index contributed by atoms with van der Waals surface area (Å²) in [5.41, 5.74) is 2.58. The molecule has 0 radical (unpaired) electrons. The number of hydrogen-bond acceptors (Lipinski definition) is 5. The highest BCUT2D eigenvalue weighted by molar-refractivity contribution is 5.65. The lowest BCUT2D eigenvalue weighted by molar-refractivity contribution is -0.231. The number of hydrogen-bond donors (Lipinski definition) is 0. The summed E-state index contributed by atoms with van der Waals surface area (Å²) in [5.74, 6) is -0.0947. The fourth-order valence-electron chi connectivity index (χ4n) is 4.37. The molecular formula is C22H25FN2O3. The number of rotatable bonds is 3. The molecule has 5 rings (SSSR count). The molecule has 1 aromatic heterocycles. The van der Waals surface area contributed by atoms with Crippen LogP contribution in [0.4, 0.5) is 4.39 Å². The summed E-state index contributed by atoms with van der Waals surface area (Å²) in [5, 5.41) is 0. The van der Waals surface area contributed by atoms with Crippen molar-refractivity contribution in [1.82, 2.24) is 9.88 Å². The Labute approximate surface area is 164 Å². The number of methoxy groups -OCH3 is 1. The predicted molar refractivity (Wildman–Crippen MR) is 103 cm³/mol. The molecule has 1 saturated heterocycles. The van der Waals surface area contributed by atoms with Crippen molar-refractivity contribution in [3.63, 3.8) is 0 Å². The van der Waals surface area contributed by atoms with Gasteiger partial charge in [0, 0.05) is 49.3 Å². The fraction of sp³-hybridized carbons (Fsp3) is 0.500. The number of nitrogens with zero attached hydrogens (tertiary/aromatic N) is 2. The van der Waals surface area contributed by atoms with E-state index < -0.39 is 11.6 Å². The minimum atomic E-state index is -0.497. The van der Waals surface area contributed by atoms with Crippen LogP contribution in [0, 0.1) is 5.82 Å². The number of pyridine rings is 1. The number of aromatic nitrogens is 1. The van der Waals surface area contributed by atoms with E-state index in [0.717, 1.165) is 48.8 Å². The van der Waals surface area contributed by atoms with Gasteiger partial charge in [-0.3, -0.25) is 4.90 Å². The number of fused-ring (bicyclic) bond motifs is 1. The molecule has 28 heavy (non-hydrogen) atoms. The molecule has 3 heterocycles. The van der Waals surface area contributed by atoms with E-state index in [0.29, 0.717) is 12.2 Å². The number of likely N-dealkylation sites (tertiary alicyclic amines) is 1. The molecule has 0 N–H and O–H groups in total. The monoisotopic (exact) mass is 384 g/mol. The Morgan fingerprint density at radius 3 is 2.68 bits per heavy atom. The minimum absolute atomic E-state index is 0.00330. The highest BCUT2D eigenvalue weighted by Gasteiger charge is 2.42. The second-order valence-corrected chi connectivity index (χ2v) is 7.96. The van der Waals surface area contributed by atoms with Gasteiger partial charge >= 0.3 is 0 Å². The van der Waals surface area contributed by atoms with E-state index in [2.05, 4.69) is 9.88 Å². The lowest BCUT2D eigenvalue weighted by atomic mass is 9.89. The highest BCUT2D eigenvalue weighted by Crippen LogP contribution is 2.40. The Morgan fingerprint density at radius 2 is 2.00 bits per heavy atom. The molecule has 0 amide bonds. The first-order chi connectivity index (χ1) is 13.7. The molecule has 2 aromatic rings. The molecule has 1 aromatic carbocycles. The summed E-state index contributed by atoms with van der Waals surface area (Å²) in [7, 11) is 1.41. The topological polar surface area (TPSA) is 43.8 Å². The summed E-state index contributed by atoms with van der Waals surface area (Å²) in [6.45, 7) is 2.59. The average molecular weight is 384 g/mol. The van der Waals surface area contributed by atoms with Gasteiger partial charge in [0.2, 0.25) is 11.7 Å². The van der Waals surface area contributed by atoms with Crippen molar-refractivity contribution in [2.24, 2.45) is 0 Å². The van der Waals surface area contributed by atoms with Crippen LogP contribution in [0.1, 0.15) is 37.7 Å². The summed E-state index contributed by atoms with van der Waals surface area (Å²) < 4.78 is 31.4. The molecule has 5 nitrogen and oxygen atoms in total. The van der Waals surface area contributed by atoms with Crippen LogP contribution in [0.2, 0.25) is 0 Å². The molecule has 0 atom stereocenters. The van der Waals surface area contributed by atoms with E-state index in [1.165, 1.54) is 32.4 Å². The van der Waals surface area contributed by atoms with E-state index in [1.807, 2.05) is 18.2 Å². The van der Waals surface area contributed by atoms with Crippen LogP contribution in [0.15, 0.2) is 30.5 Å². The molecular weight excluding hydrogens is 359 g/mol. The first-order valence-corrected chi connectivity index (χ1v) is 10.1. The maximum atomic E-state index is 14.0. The normalized spacial score (nSPS) is 21.6. The van der Waals surface area contributed by atoms with Crippen molar-refractivity contribution in [3.8, 4) is 22.8 Å². The third-order valence-corrected chi connectivity index (χ3v) is 6.33. The standard InChI is InChI=1S/C22H25FN2O3/c1-26-21-19(23)12-16(13-24-21)15-5-6-20-17(11-15)14-27-22(28-20)7-9-25(10-8-22)18-3-2-4-18/h5-6,11-13,18H,2-4,7-10,14H2,1H3. The molecule has 0 unspecified atom stereocenters. The van der Waals surface area contributed by atoms with Crippen LogP contribution >= 0.6 is 0 Å². The largest absolute Gasteiger partial charge is 0.479 e. The SMILES string of the molecule is COc1ncc(-c2ccc3c(c2)COC2(CCN(C4CCC4)CC2)O3)cc1F. The summed E-state index contributed by atoms with van der Waals surface area (Å²) >= 11 is 0. The lowest BCUT2D eigenvalue weighted by Crippen LogP contribution is -2.54. The zero-order chi connectivity index (χ0) is 19.1. The van der Waals surface area contributed by atoms with Crippen LogP contribution in [-0.4, -0.2) is 41.9 Å². The smallest absolute Gasteiger partial charge is 0.250 e. The van der Waals surface area contributed by atoms with Gasteiger partial charge in [-0.15, -0.1) is 0 Å². The van der Waals surface area contributed by atoms with Crippen LogP contribution in [0.3, 0.4) is 0 Å². The number of halogens is 1. The molecule has 3 aliphatic rings. The third kappa shape index (κ3) is 3.14. The van der Waals surface area contributed by atoms with Gasteiger partial charge in [0.15, 0.2) is 5.82 Å². The quantitative estimate of drug-likeness (QED) is 0.795. The van der Waals surface area contributed by atoms with Gasteiger partial charge < -0.3 is 14.2 Å². The van der Waals surface area contributed by atoms with Gasteiger partial charge in [-0.25, -0.2) is 9.37 Å². The average Bonchev–Trinajstić information content (AvgIpc) is 2.68. The number of piperidine rings is 1. The van der Waals surface area contributed by atoms with E-state index >= 15 is 0 Å². The Morgan fingerprint density at radius 1 is 1.18 bits per heavy atom. The molecule has 148 valence electrons. The lowest BCUT2D eigenvalue weighted by Gasteiger charge is -2.47. The number of ether oxygens (including phenoxy) is 3. The maximum Gasteiger partial charge on any atom is 0.250 e. The Balaban J connectivity index is 1.32. The van der Waals surface area contributed by atoms with Crippen LogP contribution < -0.4 is 9.47 Å². The molecule has 1 aliphatic carbocycles. The van der Waals surface area contributed by atoms with Crippen molar-refractivity contribution >= 4 is 0 Å². The number of benzene rings is 1. The summed E-state index contributed by atoms with van der Waals surface area (Å²) in [6.07, 6.45) is 7.45. The Bertz CT molecular complexity index is 876. The van der Waals surface area contributed by atoms with E-state index in [1.54, 1.807) is 6.20 Å². The van der Waals surface area contributed by atoms with Gasteiger partial charge in [0.25, 0.3) is 0 Å². The van der Waals surface area contributed by atoms with Crippen molar-refractivity contribution in [1.29, 1.82) is 0 Å². The Kier molecular flexibility index (Phi) is 4.48. The van der Waals surface area contributed by atoms with Gasteiger partial charge in [-0.1, -0.05) is 12.5 Å². The van der Waals surface area contributed by atoms with Gasteiger partial charge in [-0.05, 0) is 36.6 Å². The first kappa shape index (κ1) is 17.9. The Hall–Kier alpha value is -2.18. The van der Waals surface area contributed by atoms with Gasteiger partial charge in [0.05, 0.1) is 13.7 Å². The summed E-state index contributed by atoms with van der Waals surface area (Å²) in [4.78, 5) is 6.61. The van der Waals surface area contributed by atoms with Gasteiger partial charge in [0.1, 0.15) is 5.75 Å². The predicted octanol–water partition coefficient (Wildman–Crippen LogP) is 4.15. The highest BCUT2D eigenvalue weighted by atomic mass is 19.1. The van der Waals surface area contributed by atoms with E-state index in [9.17, 15) is 4.39 Å². The van der Waals surface area contributed by atoms with Crippen molar-refractivity contribution in [3.05, 3.63) is 41.8 Å². The maximum absolute atomic E-state index is 14.0. The van der Waals surface area contributed by atoms with Crippen molar-refractivity contribution < 1.29 is 18.6 Å². The van der Waals surface area contributed by atoms with Crippen LogP contribution in [0.5, 0.6) is 11.6 Å². The second-order valence-electron chi connectivity index (χ2n) is 7.96. The summed E-state index contributed by atoms with van der Waals surface area (Å²) in [6, 6.07) is 8.12. The van der Waals surface area contributed by atoms with E-state index in [4.69, 9.17) is 14.2 Å². The van der Waals surface area contributed by atoms with E-state index in [-0.39, 0.29) is 5.88 Å². The molecule has 1 saturated carbocycles. The van der Waals surface area contributed by atoms with Crippen molar-refractivity contribution in [2.45, 2.75) is 50.5 Å². The molecule has 6 heteroatoms. The molecule has 2 fully saturated rings. The molecule has 1 spiro atoms. The fourth-order valence-corrected chi connectivity index (χ4v) is 4.37. The first-order valence-electron chi connectivity index (χ1n) is 10.1.